The molecule has 2 aliphatic rings. The van der Waals surface area contributed by atoms with Crippen LogP contribution in [-0.2, 0) is 21.4 Å². The van der Waals surface area contributed by atoms with E-state index in [0.717, 1.165) is 32.1 Å². The number of aryl methyl sites for hydroxylation is 1. The lowest BCUT2D eigenvalue weighted by molar-refractivity contribution is -0.157. The van der Waals surface area contributed by atoms with E-state index >= 15 is 0 Å². The molecule has 2 aliphatic carbocycles. The summed E-state index contributed by atoms with van der Waals surface area (Å²) in [7, 11) is 0. The van der Waals surface area contributed by atoms with Crippen LogP contribution in [0.1, 0.15) is 57.6 Å². The molecule has 1 saturated carbocycles. The number of carboxylic acids is 1. The van der Waals surface area contributed by atoms with Crippen LogP contribution in [0.25, 0.3) is 0 Å². The highest BCUT2D eigenvalue weighted by Gasteiger charge is 2.55. The maximum Gasteiger partial charge on any atom is 0.309 e. The van der Waals surface area contributed by atoms with Crippen LogP contribution in [0.5, 0.6) is 5.75 Å². The van der Waals surface area contributed by atoms with Crippen LogP contribution in [-0.4, -0.2) is 17.0 Å². The summed E-state index contributed by atoms with van der Waals surface area (Å²) < 4.78 is 5.25. The Morgan fingerprint density at radius 1 is 1.26 bits per heavy atom. The van der Waals surface area contributed by atoms with Gasteiger partial charge < -0.3 is 9.84 Å². The zero-order valence-corrected chi connectivity index (χ0v) is 14.0. The molecule has 124 valence electrons. The average Bonchev–Trinajstić information content (AvgIpc) is 2.47. The van der Waals surface area contributed by atoms with Gasteiger partial charge in [0.05, 0.1) is 5.41 Å². The van der Waals surface area contributed by atoms with E-state index in [2.05, 4.69) is 6.92 Å². The Balaban J connectivity index is 2.07. The van der Waals surface area contributed by atoms with E-state index in [0.29, 0.717) is 5.75 Å². The van der Waals surface area contributed by atoms with Gasteiger partial charge in [0.25, 0.3) is 0 Å². The highest BCUT2D eigenvalue weighted by Crippen LogP contribution is 2.57. The predicted octanol–water partition coefficient (Wildman–Crippen LogP) is 3.71. The number of rotatable bonds is 2. The van der Waals surface area contributed by atoms with Crippen molar-refractivity contribution in [3.05, 3.63) is 29.3 Å². The average molecular weight is 316 g/mol. The van der Waals surface area contributed by atoms with Gasteiger partial charge in [-0.1, -0.05) is 19.4 Å². The third-order valence-corrected chi connectivity index (χ3v) is 6.08. The Hall–Kier alpha value is -1.84. The fourth-order valence-corrected chi connectivity index (χ4v) is 4.92. The van der Waals surface area contributed by atoms with Crippen LogP contribution in [0.2, 0.25) is 0 Å². The molecule has 1 fully saturated rings. The Labute approximate surface area is 136 Å². The van der Waals surface area contributed by atoms with Gasteiger partial charge >= 0.3 is 11.9 Å². The molecule has 0 heterocycles. The first kappa shape index (κ1) is 16.0. The van der Waals surface area contributed by atoms with Crippen LogP contribution < -0.4 is 4.74 Å². The number of ether oxygens (including phenoxy) is 1. The molecule has 4 heteroatoms. The van der Waals surface area contributed by atoms with E-state index in [1.807, 2.05) is 25.1 Å². The second kappa shape index (κ2) is 5.36. The molecular formula is C19H24O4. The van der Waals surface area contributed by atoms with Crippen molar-refractivity contribution < 1.29 is 19.4 Å². The molecule has 23 heavy (non-hydrogen) atoms. The van der Waals surface area contributed by atoms with Crippen molar-refractivity contribution in [2.45, 2.75) is 58.3 Å². The maximum absolute atomic E-state index is 11.9. The second-order valence-electron chi connectivity index (χ2n) is 7.50. The maximum atomic E-state index is 11.9. The first-order valence-electron chi connectivity index (χ1n) is 8.32. The van der Waals surface area contributed by atoms with Crippen molar-refractivity contribution in [3.63, 3.8) is 0 Å². The van der Waals surface area contributed by atoms with Crippen LogP contribution in [0.3, 0.4) is 0 Å². The number of benzene rings is 1. The summed E-state index contributed by atoms with van der Waals surface area (Å²) in [5, 5.41) is 9.80. The largest absolute Gasteiger partial charge is 0.481 e. The summed E-state index contributed by atoms with van der Waals surface area (Å²) in [5.41, 5.74) is 1.58. The van der Waals surface area contributed by atoms with E-state index in [4.69, 9.17) is 4.74 Å². The molecule has 0 bridgehead atoms. The van der Waals surface area contributed by atoms with Gasteiger partial charge in [-0.3, -0.25) is 9.59 Å². The Morgan fingerprint density at radius 2 is 2.00 bits per heavy atom. The monoisotopic (exact) mass is 316 g/mol. The highest BCUT2D eigenvalue weighted by atomic mass is 16.5. The number of carboxylic acid groups (broad SMARTS) is 1. The first-order valence-corrected chi connectivity index (χ1v) is 8.32. The molecule has 1 aromatic carbocycles. The zero-order valence-electron chi connectivity index (χ0n) is 14.0. The third kappa shape index (κ3) is 2.44. The van der Waals surface area contributed by atoms with E-state index in [-0.39, 0.29) is 17.3 Å². The summed E-state index contributed by atoms with van der Waals surface area (Å²) in [4.78, 5) is 23.2. The van der Waals surface area contributed by atoms with Gasteiger partial charge in [0, 0.05) is 6.92 Å². The standard InChI is InChI=1S/C19H24O4/c1-12(20)23-14-7-5-13-6-8-16-18(2,15(13)11-14)9-4-10-19(16,3)17(21)22/h5,7,11,16H,4,6,8-10H2,1-3H3,(H,21,22). The van der Waals surface area contributed by atoms with Crippen molar-refractivity contribution in [3.8, 4) is 5.75 Å². The SMILES string of the molecule is CC(=O)Oc1ccc2c(c1)C1(C)CCCC(C)(C(=O)O)C1CC2. The van der Waals surface area contributed by atoms with Gasteiger partial charge in [-0.05, 0) is 67.2 Å². The molecule has 1 aromatic rings. The Morgan fingerprint density at radius 3 is 2.65 bits per heavy atom. The van der Waals surface area contributed by atoms with Crippen LogP contribution in [0, 0.1) is 11.3 Å². The number of carbonyl (C=O) groups is 2. The summed E-state index contributed by atoms with van der Waals surface area (Å²) in [6.45, 7) is 5.48. The number of aliphatic carboxylic acids is 1. The molecular weight excluding hydrogens is 292 g/mol. The van der Waals surface area contributed by atoms with Gasteiger partial charge in [0.2, 0.25) is 0 Å². The molecule has 4 nitrogen and oxygen atoms in total. The fraction of sp³-hybridized carbons (Fsp3) is 0.579. The van der Waals surface area contributed by atoms with E-state index < -0.39 is 11.4 Å². The summed E-state index contributed by atoms with van der Waals surface area (Å²) in [5.74, 6) is -0.350. The number of hydrogen-bond donors (Lipinski definition) is 1. The van der Waals surface area contributed by atoms with Gasteiger partial charge in [-0.2, -0.15) is 0 Å². The molecule has 3 unspecified atom stereocenters. The molecule has 0 spiro atoms. The van der Waals surface area contributed by atoms with Crippen molar-refractivity contribution in [1.82, 2.24) is 0 Å². The van der Waals surface area contributed by atoms with E-state index in [9.17, 15) is 14.7 Å². The highest BCUT2D eigenvalue weighted by molar-refractivity contribution is 5.75. The third-order valence-electron chi connectivity index (χ3n) is 6.08. The fourth-order valence-electron chi connectivity index (χ4n) is 4.92. The van der Waals surface area contributed by atoms with Crippen molar-refractivity contribution in [2.24, 2.45) is 11.3 Å². The van der Waals surface area contributed by atoms with Gasteiger partial charge in [-0.25, -0.2) is 0 Å². The van der Waals surface area contributed by atoms with Crippen molar-refractivity contribution in [2.75, 3.05) is 0 Å². The first-order chi connectivity index (χ1) is 10.8. The lowest BCUT2D eigenvalue weighted by atomic mass is 9.50. The lowest BCUT2D eigenvalue weighted by Gasteiger charge is -2.53. The van der Waals surface area contributed by atoms with Gasteiger partial charge in [-0.15, -0.1) is 0 Å². The van der Waals surface area contributed by atoms with Crippen LogP contribution in [0.15, 0.2) is 18.2 Å². The minimum absolute atomic E-state index is 0.112. The molecule has 0 aromatic heterocycles. The smallest absolute Gasteiger partial charge is 0.309 e. The van der Waals surface area contributed by atoms with Crippen LogP contribution >= 0.6 is 0 Å². The summed E-state index contributed by atoms with van der Waals surface area (Å²) in [6, 6.07) is 5.82. The predicted molar refractivity (Wildman–Crippen MR) is 86.5 cm³/mol. The topological polar surface area (TPSA) is 63.6 Å². The number of esters is 1. The lowest BCUT2D eigenvalue weighted by Crippen LogP contribution is -2.52. The van der Waals surface area contributed by atoms with E-state index in [1.165, 1.54) is 18.1 Å². The molecule has 1 N–H and O–H groups in total. The molecule has 3 atom stereocenters. The number of carbonyl (C=O) groups excluding carboxylic acids is 1. The second-order valence-corrected chi connectivity index (χ2v) is 7.50. The molecule has 3 rings (SSSR count). The molecule has 0 saturated heterocycles. The van der Waals surface area contributed by atoms with Gasteiger partial charge in [0.15, 0.2) is 0 Å². The normalized spacial score (nSPS) is 32.6. The number of fused-ring (bicyclic) bond motifs is 3. The molecule has 0 amide bonds. The van der Waals surface area contributed by atoms with Gasteiger partial charge in [0.1, 0.15) is 5.75 Å². The zero-order chi connectivity index (χ0) is 16.8. The molecule has 0 aliphatic heterocycles. The van der Waals surface area contributed by atoms with E-state index in [1.54, 1.807) is 0 Å². The Bertz CT molecular complexity index is 665. The Kier molecular flexibility index (Phi) is 3.74. The number of hydrogen-bond acceptors (Lipinski definition) is 3. The summed E-state index contributed by atoms with van der Waals surface area (Å²) in [6.07, 6.45) is 4.42. The quantitative estimate of drug-likeness (QED) is 0.667. The van der Waals surface area contributed by atoms with Crippen molar-refractivity contribution in [1.29, 1.82) is 0 Å². The summed E-state index contributed by atoms with van der Waals surface area (Å²) >= 11 is 0. The molecule has 0 radical (unpaired) electrons. The van der Waals surface area contributed by atoms with Crippen molar-refractivity contribution >= 4 is 11.9 Å². The minimum Gasteiger partial charge on any atom is -0.481 e. The van der Waals surface area contributed by atoms with Crippen LogP contribution in [0.4, 0.5) is 0 Å². The minimum atomic E-state index is -0.687.